The van der Waals surface area contributed by atoms with Crippen LogP contribution in [0.1, 0.15) is 6.92 Å². The molecule has 0 saturated carbocycles. The van der Waals surface area contributed by atoms with E-state index in [1.807, 2.05) is 42.5 Å². The van der Waals surface area contributed by atoms with Crippen LogP contribution in [0.3, 0.4) is 0 Å². The van der Waals surface area contributed by atoms with Crippen molar-refractivity contribution >= 4 is 45.7 Å². The van der Waals surface area contributed by atoms with Gasteiger partial charge in [-0.2, -0.15) is 0 Å². The van der Waals surface area contributed by atoms with Crippen LogP contribution in [-0.4, -0.2) is 48.2 Å². The number of morpholine rings is 1. The lowest BCUT2D eigenvalue weighted by molar-refractivity contribution is -0.114. The first-order valence-corrected chi connectivity index (χ1v) is 13.4. The highest BCUT2D eigenvalue weighted by Gasteiger charge is 2.19. The third kappa shape index (κ3) is 5.91. The van der Waals surface area contributed by atoms with Gasteiger partial charge in [0.25, 0.3) is 0 Å². The summed E-state index contributed by atoms with van der Waals surface area (Å²) in [5.74, 6) is 1.13. The smallest absolute Gasteiger partial charge is 0.323 e. The SMILES string of the molecule is CC(=O)Nc1ccc(NC(=O)Nc2ccc(-c3nc(N4CCOCC4)c4ccc(-c5ccco5)cc4n3)cc2)c(F)c1. The van der Waals surface area contributed by atoms with Crippen LogP contribution < -0.4 is 20.9 Å². The second-order valence-corrected chi connectivity index (χ2v) is 9.71. The number of rotatable bonds is 6. The number of benzene rings is 3. The average molecular weight is 567 g/mol. The molecule has 3 amide bonds. The van der Waals surface area contributed by atoms with E-state index in [0.29, 0.717) is 30.4 Å². The van der Waals surface area contributed by atoms with Crippen molar-refractivity contribution in [2.24, 2.45) is 0 Å². The number of nitrogens with one attached hydrogen (secondary N) is 3. The van der Waals surface area contributed by atoms with E-state index in [9.17, 15) is 14.0 Å². The molecule has 3 heterocycles. The fraction of sp³-hybridized carbons (Fsp3) is 0.161. The fourth-order valence-electron chi connectivity index (χ4n) is 4.74. The van der Waals surface area contributed by atoms with Crippen LogP contribution in [0.5, 0.6) is 0 Å². The molecule has 1 saturated heterocycles. The quantitative estimate of drug-likeness (QED) is 0.226. The largest absolute Gasteiger partial charge is 0.464 e. The summed E-state index contributed by atoms with van der Waals surface area (Å²) in [6, 6.07) is 20.3. The van der Waals surface area contributed by atoms with E-state index in [-0.39, 0.29) is 11.6 Å². The minimum absolute atomic E-state index is 0.0210. The number of anilines is 4. The van der Waals surface area contributed by atoms with Gasteiger partial charge in [-0.3, -0.25) is 4.79 Å². The number of amides is 3. The standard InChI is InChI=1S/C31H27FN6O4/c1-19(39)33-23-9-11-26(25(32)18-23)36-31(40)34-22-7-4-20(5-8-22)29-35-27-17-21(28-3-2-14-42-28)6-10-24(27)30(37-29)38-12-15-41-16-13-38/h2-11,14,17-18H,12-13,15-16H2,1H3,(H,33,39)(H2,34,36,40). The Morgan fingerprint density at radius 2 is 1.62 bits per heavy atom. The average Bonchev–Trinajstić information content (AvgIpc) is 3.54. The number of hydrogen-bond donors (Lipinski definition) is 3. The van der Waals surface area contributed by atoms with E-state index in [4.69, 9.17) is 19.1 Å². The summed E-state index contributed by atoms with van der Waals surface area (Å²) in [4.78, 5) is 35.7. The predicted molar refractivity (Wildman–Crippen MR) is 159 cm³/mol. The van der Waals surface area contributed by atoms with Crippen LogP contribution in [0.15, 0.2) is 83.5 Å². The summed E-state index contributed by atoms with van der Waals surface area (Å²) in [6.45, 7) is 4.02. The van der Waals surface area contributed by atoms with Crippen LogP contribution in [0.4, 0.5) is 32.1 Å². The second kappa shape index (κ2) is 11.7. The number of carbonyl (C=O) groups is 2. The lowest BCUT2D eigenvalue weighted by Gasteiger charge is -2.29. The highest BCUT2D eigenvalue weighted by molar-refractivity contribution is 6.00. The number of fused-ring (bicyclic) bond motifs is 1. The van der Waals surface area contributed by atoms with Crippen LogP contribution in [-0.2, 0) is 9.53 Å². The Hall–Kier alpha value is -5.29. The molecule has 1 aliphatic rings. The van der Waals surface area contributed by atoms with Gasteiger partial charge in [0.1, 0.15) is 17.4 Å². The molecule has 0 spiro atoms. The van der Waals surface area contributed by atoms with Crippen molar-refractivity contribution in [2.45, 2.75) is 6.92 Å². The molecule has 42 heavy (non-hydrogen) atoms. The lowest BCUT2D eigenvalue weighted by atomic mass is 10.1. The molecule has 2 aromatic heterocycles. The number of furan rings is 1. The van der Waals surface area contributed by atoms with E-state index < -0.39 is 11.8 Å². The molecule has 1 aliphatic heterocycles. The van der Waals surface area contributed by atoms with Crippen molar-refractivity contribution in [1.82, 2.24) is 9.97 Å². The van der Waals surface area contributed by atoms with Gasteiger partial charge in [-0.05, 0) is 66.7 Å². The third-order valence-electron chi connectivity index (χ3n) is 6.73. The first-order valence-electron chi connectivity index (χ1n) is 13.4. The summed E-state index contributed by atoms with van der Waals surface area (Å²) in [6.07, 6.45) is 1.64. The Balaban J connectivity index is 1.24. The number of urea groups is 1. The Labute approximate surface area is 240 Å². The Kier molecular flexibility index (Phi) is 7.48. The van der Waals surface area contributed by atoms with Gasteiger partial charge in [-0.1, -0.05) is 6.07 Å². The molecular formula is C31H27FN6O4. The van der Waals surface area contributed by atoms with E-state index in [0.717, 1.165) is 52.8 Å². The number of carbonyl (C=O) groups excluding carboxylic acids is 2. The van der Waals surface area contributed by atoms with Crippen molar-refractivity contribution in [3.05, 3.63) is 84.9 Å². The van der Waals surface area contributed by atoms with Gasteiger partial charge >= 0.3 is 6.03 Å². The zero-order valence-corrected chi connectivity index (χ0v) is 22.7. The second-order valence-electron chi connectivity index (χ2n) is 9.71. The topological polar surface area (TPSA) is 122 Å². The first-order chi connectivity index (χ1) is 20.4. The predicted octanol–water partition coefficient (Wildman–Crippen LogP) is 6.13. The summed E-state index contributed by atoms with van der Waals surface area (Å²) >= 11 is 0. The molecule has 0 aliphatic carbocycles. The molecule has 212 valence electrons. The van der Waals surface area contributed by atoms with Crippen LogP contribution in [0.25, 0.3) is 33.6 Å². The van der Waals surface area contributed by atoms with Gasteiger partial charge in [0.2, 0.25) is 5.91 Å². The molecule has 0 bridgehead atoms. The van der Waals surface area contributed by atoms with E-state index in [2.05, 4.69) is 20.9 Å². The highest BCUT2D eigenvalue weighted by Crippen LogP contribution is 2.32. The lowest BCUT2D eigenvalue weighted by Crippen LogP contribution is -2.37. The molecule has 5 aromatic rings. The van der Waals surface area contributed by atoms with Crippen LogP contribution in [0.2, 0.25) is 0 Å². The molecule has 3 aromatic carbocycles. The highest BCUT2D eigenvalue weighted by atomic mass is 19.1. The molecule has 6 rings (SSSR count). The monoisotopic (exact) mass is 566 g/mol. The van der Waals surface area contributed by atoms with E-state index in [1.165, 1.54) is 19.1 Å². The zero-order chi connectivity index (χ0) is 29.1. The molecule has 1 fully saturated rings. The summed E-state index contributed by atoms with van der Waals surface area (Å²) in [5, 5.41) is 8.61. The molecule has 0 radical (unpaired) electrons. The maximum atomic E-state index is 14.4. The molecule has 0 atom stereocenters. The summed E-state index contributed by atoms with van der Waals surface area (Å²) in [7, 11) is 0. The molecular weight excluding hydrogens is 539 g/mol. The minimum Gasteiger partial charge on any atom is -0.464 e. The maximum Gasteiger partial charge on any atom is 0.323 e. The molecule has 11 heteroatoms. The number of aromatic nitrogens is 2. The third-order valence-corrected chi connectivity index (χ3v) is 6.73. The minimum atomic E-state index is -0.675. The van der Waals surface area contributed by atoms with Gasteiger partial charge in [-0.15, -0.1) is 0 Å². The molecule has 3 N–H and O–H groups in total. The Morgan fingerprint density at radius 1 is 0.857 bits per heavy atom. The van der Waals surface area contributed by atoms with Gasteiger partial charge in [0.05, 0.1) is 30.7 Å². The van der Waals surface area contributed by atoms with Gasteiger partial charge in [0, 0.05) is 47.9 Å². The number of hydrogen-bond acceptors (Lipinski definition) is 7. The number of halogens is 1. The summed E-state index contributed by atoms with van der Waals surface area (Å²) in [5.41, 5.74) is 3.24. The van der Waals surface area contributed by atoms with Gasteiger partial charge < -0.3 is 30.0 Å². The van der Waals surface area contributed by atoms with Crippen molar-refractivity contribution in [1.29, 1.82) is 0 Å². The maximum absolute atomic E-state index is 14.4. The van der Waals surface area contributed by atoms with Crippen LogP contribution in [0, 0.1) is 5.82 Å². The van der Waals surface area contributed by atoms with E-state index >= 15 is 0 Å². The van der Waals surface area contributed by atoms with Crippen molar-refractivity contribution in [3.8, 4) is 22.7 Å². The zero-order valence-electron chi connectivity index (χ0n) is 22.7. The molecule has 10 nitrogen and oxygen atoms in total. The fourth-order valence-corrected chi connectivity index (χ4v) is 4.74. The number of nitrogens with zero attached hydrogens (tertiary/aromatic N) is 3. The van der Waals surface area contributed by atoms with Crippen molar-refractivity contribution in [3.63, 3.8) is 0 Å². The van der Waals surface area contributed by atoms with Gasteiger partial charge in [0.15, 0.2) is 5.82 Å². The Morgan fingerprint density at radius 3 is 2.33 bits per heavy atom. The van der Waals surface area contributed by atoms with E-state index in [1.54, 1.807) is 18.4 Å². The van der Waals surface area contributed by atoms with Crippen molar-refractivity contribution in [2.75, 3.05) is 47.2 Å². The van der Waals surface area contributed by atoms with Gasteiger partial charge in [-0.25, -0.2) is 19.2 Å². The molecule has 0 unspecified atom stereocenters. The Bertz CT molecular complexity index is 1750. The van der Waals surface area contributed by atoms with Crippen LogP contribution >= 0.6 is 0 Å². The summed E-state index contributed by atoms with van der Waals surface area (Å²) < 4.78 is 25.5. The number of ether oxygens (including phenoxy) is 1. The first kappa shape index (κ1) is 26.9. The normalized spacial score (nSPS) is 13.1. The van der Waals surface area contributed by atoms with Crippen molar-refractivity contribution < 1.29 is 23.1 Å².